The van der Waals surface area contributed by atoms with Crippen LogP contribution in [0.4, 0.5) is 24.5 Å². The van der Waals surface area contributed by atoms with E-state index in [9.17, 15) is 56.3 Å². The smallest absolute Gasteiger partial charge is 0.262 e. The summed E-state index contributed by atoms with van der Waals surface area (Å²) in [6.45, 7) is 2.11. The van der Waals surface area contributed by atoms with E-state index in [-0.39, 0.29) is 56.1 Å². The van der Waals surface area contributed by atoms with Gasteiger partial charge in [0.1, 0.15) is 24.5 Å². The number of carbonyl (C=O) groups is 9. The van der Waals surface area contributed by atoms with Gasteiger partial charge in [-0.2, -0.15) is 0 Å². The number of benzene rings is 4. The number of ether oxygens (including phenoxy) is 1. The summed E-state index contributed by atoms with van der Waals surface area (Å²) < 4.78 is 49.0. The molecule has 2 fully saturated rings. The standard InChI is InChI=1S/C37H38F3IN4O6.C20H25N3O4/c38-26-13-12-24(34(33(26)40)43-28-14-11-23(41)20-27(28)39)30(46)21-51-19-7-18-42-17-5-3-1-2-4-8-22-9-6-10-25-32(22)37(50)45(36(25)49)29-15-16-31(47)44-35(29)48;21-12-5-3-1-2-4-7-13-8-6-9-14-17(13)20(27)23(19(14)26)15-10-11-16(24)22-18(15)25/h6,9-14,20,29,42-43H,1-5,7-8,15-19,21H2,(H,44,47,48);6,8-9,15H,1-5,7,10-12,21H2,(H,22,24,25). The minimum Gasteiger partial charge on any atom is -0.373 e. The van der Waals surface area contributed by atoms with Crippen LogP contribution >= 0.6 is 22.6 Å². The molecule has 8 amide bonds. The molecule has 0 aromatic heterocycles. The minimum atomic E-state index is -1.28. The SMILES string of the molecule is NCCCCCCCc1cccc2c1C(=O)N(C1CCC(=O)NC1=O)C2=O.O=C1CCC(N2C(=O)c3cccc(CCCCCCCNCCCOCC(=O)c4ccc(F)c(F)c4Nc4ccc(I)cc4F)c3C2=O)C(=O)N1. The van der Waals surface area contributed by atoms with Gasteiger partial charge in [0.15, 0.2) is 17.4 Å². The summed E-state index contributed by atoms with van der Waals surface area (Å²) in [6.07, 6.45) is 12.4. The molecule has 6 N–H and O–H groups in total. The van der Waals surface area contributed by atoms with Crippen LogP contribution in [0.3, 0.4) is 0 Å². The fraction of sp³-hybridized carbons (Fsp3) is 0.421. The minimum absolute atomic E-state index is 0.0766. The third-order valence-electron chi connectivity index (χ3n) is 14.0. The van der Waals surface area contributed by atoms with E-state index >= 15 is 0 Å². The summed E-state index contributed by atoms with van der Waals surface area (Å²) in [7, 11) is 0. The molecule has 0 saturated carbocycles. The lowest BCUT2D eigenvalue weighted by atomic mass is 9.97. The molecule has 78 heavy (non-hydrogen) atoms. The molecule has 17 nitrogen and oxygen atoms in total. The Bertz CT molecular complexity index is 2960. The highest BCUT2D eigenvalue weighted by atomic mass is 127. The van der Waals surface area contributed by atoms with E-state index < -0.39 is 82.4 Å². The molecule has 0 radical (unpaired) electrons. The van der Waals surface area contributed by atoms with E-state index in [0.29, 0.717) is 58.2 Å². The summed E-state index contributed by atoms with van der Waals surface area (Å²) in [5.74, 6) is -7.53. The van der Waals surface area contributed by atoms with Crippen molar-refractivity contribution in [3.63, 3.8) is 0 Å². The first-order chi connectivity index (χ1) is 37.6. The maximum atomic E-state index is 14.6. The van der Waals surface area contributed by atoms with Gasteiger partial charge in [-0.1, -0.05) is 62.8 Å². The number of carbonyl (C=O) groups excluding carboxylic acids is 9. The summed E-state index contributed by atoms with van der Waals surface area (Å²) >= 11 is 1.92. The largest absolute Gasteiger partial charge is 0.373 e. The van der Waals surface area contributed by atoms with E-state index in [1.54, 1.807) is 30.3 Å². The third-order valence-corrected chi connectivity index (χ3v) is 14.7. The number of aryl methyl sites for hydroxylation is 2. The normalized spacial score (nSPS) is 17.0. The molecule has 4 aliphatic heterocycles. The number of piperidine rings is 2. The number of rotatable bonds is 26. The van der Waals surface area contributed by atoms with Crippen molar-refractivity contribution in [3.8, 4) is 0 Å². The predicted octanol–water partition coefficient (Wildman–Crippen LogP) is 7.77. The van der Waals surface area contributed by atoms with Crippen LogP contribution in [0, 0.1) is 21.0 Å². The van der Waals surface area contributed by atoms with Crippen LogP contribution < -0.4 is 27.0 Å². The van der Waals surface area contributed by atoms with Gasteiger partial charge >= 0.3 is 0 Å². The number of nitrogens with one attached hydrogen (secondary N) is 4. The van der Waals surface area contributed by atoms with Gasteiger partial charge in [0.25, 0.3) is 23.6 Å². The number of hydrogen-bond donors (Lipinski definition) is 5. The first-order valence-electron chi connectivity index (χ1n) is 26.5. The summed E-state index contributed by atoms with van der Waals surface area (Å²) in [6, 6.07) is 14.8. The lowest BCUT2D eigenvalue weighted by molar-refractivity contribution is -0.137. The predicted molar refractivity (Wildman–Crippen MR) is 290 cm³/mol. The van der Waals surface area contributed by atoms with Gasteiger partial charge in [-0.15, -0.1) is 0 Å². The fourth-order valence-corrected chi connectivity index (χ4v) is 10.4. The van der Waals surface area contributed by atoms with Crippen molar-refractivity contribution < 1.29 is 61.1 Å². The second-order valence-corrected chi connectivity index (χ2v) is 20.8. The Morgan fingerprint density at radius 2 is 1.15 bits per heavy atom. The van der Waals surface area contributed by atoms with Gasteiger partial charge in [0.2, 0.25) is 23.6 Å². The Labute approximate surface area is 463 Å². The monoisotopic (exact) mass is 1190 g/mol. The maximum absolute atomic E-state index is 14.6. The molecule has 8 rings (SSSR count). The molecule has 4 aromatic carbocycles. The van der Waals surface area contributed by atoms with Crippen LogP contribution in [0.25, 0.3) is 0 Å². The molecule has 2 atom stereocenters. The molecule has 414 valence electrons. The molecule has 4 heterocycles. The zero-order chi connectivity index (χ0) is 55.9. The van der Waals surface area contributed by atoms with Gasteiger partial charge < -0.3 is 21.1 Å². The number of ketones is 1. The van der Waals surface area contributed by atoms with Crippen molar-refractivity contribution >= 4 is 87.0 Å². The third kappa shape index (κ3) is 14.5. The highest BCUT2D eigenvalue weighted by Gasteiger charge is 2.47. The van der Waals surface area contributed by atoms with Crippen molar-refractivity contribution in [1.29, 1.82) is 0 Å². The number of Topliss-reactive ketones (excluding diaryl/α,β-unsaturated/α-hetero) is 1. The fourth-order valence-electron chi connectivity index (χ4n) is 9.97. The van der Waals surface area contributed by atoms with Crippen molar-refractivity contribution in [2.24, 2.45) is 5.73 Å². The van der Waals surface area contributed by atoms with Gasteiger partial charge in [-0.05, 0) is 154 Å². The number of anilines is 2. The lowest BCUT2D eigenvalue weighted by Gasteiger charge is -2.27. The Morgan fingerprint density at radius 1 is 0.628 bits per heavy atom. The molecule has 0 aliphatic carbocycles. The Kier molecular flexibility index (Phi) is 21.4. The molecule has 0 spiro atoms. The molecular weight excluding hydrogens is 1130 g/mol. The van der Waals surface area contributed by atoms with Crippen molar-refractivity contribution in [3.05, 3.63) is 127 Å². The molecule has 4 aliphatic rings. The summed E-state index contributed by atoms with van der Waals surface area (Å²) in [5, 5.41) is 10.3. The average Bonchev–Trinajstić information content (AvgIpc) is 3.86. The highest BCUT2D eigenvalue weighted by Crippen LogP contribution is 2.33. The topological polar surface area (TPSA) is 243 Å². The Morgan fingerprint density at radius 3 is 1.69 bits per heavy atom. The van der Waals surface area contributed by atoms with Gasteiger partial charge in [-0.3, -0.25) is 63.6 Å². The molecule has 0 bridgehead atoms. The van der Waals surface area contributed by atoms with Crippen molar-refractivity contribution in [2.45, 2.75) is 121 Å². The maximum Gasteiger partial charge on any atom is 0.262 e. The van der Waals surface area contributed by atoms with Crippen LogP contribution in [0.2, 0.25) is 0 Å². The number of imide groups is 4. The van der Waals surface area contributed by atoms with Gasteiger partial charge in [0, 0.05) is 28.6 Å². The van der Waals surface area contributed by atoms with E-state index in [1.165, 1.54) is 12.1 Å². The molecule has 2 saturated heterocycles. The highest BCUT2D eigenvalue weighted by molar-refractivity contribution is 14.1. The Balaban J connectivity index is 0.000000274. The van der Waals surface area contributed by atoms with Crippen LogP contribution in [-0.2, 0) is 36.8 Å². The van der Waals surface area contributed by atoms with Crippen LogP contribution in [0.5, 0.6) is 0 Å². The summed E-state index contributed by atoms with van der Waals surface area (Å²) in [5.41, 5.74) is 7.86. The zero-order valence-corrected chi connectivity index (χ0v) is 45.3. The number of amides is 8. The second kappa shape index (κ2) is 28.3. The number of halogens is 4. The van der Waals surface area contributed by atoms with E-state index in [4.69, 9.17) is 10.5 Å². The van der Waals surface area contributed by atoms with E-state index in [2.05, 4.69) is 21.3 Å². The first-order valence-corrected chi connectivity index (χ1v) is 27.6. The zero-order valence-electron chi connectivity index (χ0n) is 43.1. The summed E-state index contributed by atoms with van der Waals surface area (Å²) in [4.78, 5) is 114. The van der Waals surface area contributed by atoms with Crippen LogP contribution in [0.15, 0.2) is 66.7 Å². The number of nitrogens with two attached hydrogens (primary N) is 1. The Hall–Kier alpha value is -6.69. The van der Waals surface area contributed by atoms with Crippen LogP contribution in [-0.4, -0.2) is 108 Å². The lowest BCUT2D eigenvalue weighted by Crippen LogP contribution is -2.54. The van der Waals surface area contributed by atoms with Gasteiger partial charge in [-0.25, -0.2) is 13.2 Å². The van der Waals surface area contributed by atoms with E-state index in [1.807, 2.05) is 34.7 Å². The molecule has 4 aromatic rings. The molecule has 2 unspecified atom stereocenters. The quantitative estimate of drug-likeness (QED) is 0.0175. The number of fused-ring (bicyclic) bond motifs is 2. The van der Waals surface area contributed by atoms with Gasteiger partial charge in [0.05, 0.1) is 33.6 Å². The van der Waals surface area contributed by atoms with Crippen molar-refractivity contribution in [2.75, 3.05) is 38.2 Å². The molecular formula is C57H63F3IN7O10. The molecule has 21 heteroatoms. The number of hydrogen-bond acceptors (Lipinski definition) is 13. The average molecular weight is 1190 g/mol. The van der Waals surface area contributed by atoms with Crippen molar-refractivity contribution in [1.82, 2.24) is 25.8 Å². The first kappa shape index (κ1) is 59.0. The second-order valence-electron chi connectivity index (χ2n) is 19.5. The number of nitrogens with zero attached hydrogens (tertiary/aromatic N) is 2. The van der Waals surface area contributed by atoms with Crippen LogP contribution in [0.1, 0.15) is 159 Å². The number of unbranched alkanes of at least 4 members (excludes halogenated alkanes) is 8. The van der Waals surface area contributed by atoms with E-state index in [0.717, 1.165) is 104 Å².